The van der Waals surface area contributed by atoms with Gasteiger partial charge in [0.15, 0.2) is 11.4 Å². The fourth-order valence-corrected chi connectivity index (χ4v) is 8.82. The minimum Gasteiger partial charge on any atom is -0.452 e. The molecule has 0 unspecified atom stereocenters. The van der Waals surface area contributed by atoms with Gasteiger partial charge in [-0.15, -0.1) is 11.3 Å². The highest BCUT2D eigenvalue weighted by atomic mass is 32.1. The van der Waals surface area contributed by atoms with Gasteiger partial charge in [0.05, 0.1) is 11.0 Å². The van der Waals surface area contributed by atoms with Crippen LogP contribution in [0.2, 0.25) is 0 Å². The zero-order chi connectivity index (χ0) is 33.5. The summed E-state index contributed by atoms with van der Waals surface area (Å²) in [5, 5.41) is 5.85. The maximum atomic E-state index is 6.40. The lowest BCUT2D eigenvalue weighted by Gasteiger charge is -2.09. The zero-order valence-electron chi connectivity index (χ0n) is 27.2. The number of aromatic nitrogens is 3. The molecule has 0 aliphatic carbocycles. The molecule has 4 heterocycles. The van der Waals surface area contributed by atoms with E-state index in [1.165, 1.54) is 53.1 Å². The van der Waals surface area contributed by atoms with Gasteiger partial charge in [0.1, 0.15) is 16.8 Å². The average molecular weight is 670 g/mol. The van der Waals surface area contributed by atoms with Gasteiger partial charge in [-0.25, -0.2) is 9.97 Å². The van der Waals surface area contributed by atoms with Crippen LogP contribution in [-0.4, -0.2) is 14.5 Å². The van der Waals surface area contributed by atoms with E-state index in [4.69, 9.17) is 14.4 Å². The highest BCUT2D eigenvalue weighted by molar-refractivity contribution is 7.26. The average Bonchev–Trinajstić information content (AvgIpc) is 3.87. The quantitative estimate of drug-likeness (QED) is 0.187. The molecule has 0 saturated carbocycles. The van der Waals surface area contributed by atoms with E-state index in [-0.39, 0.29) is 0 Å². The molecule has 0 spiro atoms. The van der Waals surface area contributed by atoms with E-state index >= 15 is 0 Å². The summed E-state index contributed by atoms with van der Waals surface area (Å²) in [4.78, 5) is 10.5. The summed E-state index contributed by atoms with van der Waals surface area (Å²) >= 11 is 1.81. The highest BCUT2D eigenvalue weighted by Gasteiger charge is 2.21. The summed E-state index contributed by atoms with van der Waals surface area (Å²) in [6.07, 6.45) is 0. The van der Waals surface area contributed by atoms with E-state index in [1.54, 1.807) is 0 Å². The lowest BCUT2D eigenvalue weighted by Crippen LogP contribution is -1.94. The fourth-order valence-electron chi connectivity index (χ4n) is 7.70. The minimum atomic E-state index is 0.693. The molecule has 0 aliphatic rings. The van der Waals surface area contributed by atoms with Crippen molar-refractivity contribution < 1.29 is 4.42 Å². The fraction of sp³-hybridized carbons (Fsp3) is 0. The van der Waals surface area contributed by atoms with E-state index in [9.17, 15) is 0 Å². The first kappa shape index (κ1) is 28.3. The number of hydrogen-bond donors (Lipinski definition) is 0. The number of furan rings is 1. The molecule has 11 aromatic rings. The van der Waals surface area contributed by atoms with Crippen LogP contribution in [0.3, 0.4) is 0 Å². The van der Waals surface area contributed by atoms with Crippen LogP contribution in [-0.2, 0) is 0 Å². The Bertz CT molecular complexity index is 3140. The lowest BCUT2D eigenvalue weighted by molar-refractivity contribution is 0.667. The summed E-state index contributed by atoms with van der Waals surface area (Å²) in [6.45, 7) is 0. The van der Waals surface area contributed by atoms with Crippen LogP contribution in [0.5, 0.6) is 0 Å². The molecule has 0 amide bonds. The molecule has 0 bridgehead atoms. The first-order valence-electron chi connectivity index (χ1n) is 17.1. The van der Waals surface area contributed by atoms with Crippen LogP contribution in [0, 0.1) is 0 Å². The van der Waals surface area contributed by atoms with Gasteiger partial charge in [-0.05, 0) is 71.8 Å². The van der Waals surface area contributed by atoms with Gasteiger partial charge in [0.25, 0.3) is 0 Å². The summed E-state index contributed by atoms with van der Waals surface area (Å²) < 4.78 is 11.2. The standard InChI is InChI=1S/C46H27N3OS/c1-3-12-28(13-4-1)43-45-44(33-17-8-10-20-39(33)50-45)48-46(47-43)34-18-11-21-41-42(34)36-27-30(23-25-40(36)51-41)29-22-24-38-35(26-29)32-16-7-9-19-37(32)49(38)31-14-5-2-6-15-31/h1-27H. The molecule has 11 rings (SSSR count). The van der Waals surface area contributed by atoms with Crippen molar-refractivity contribution in [3.05, 3.63) is 164 Å². The molecular formula is C46H27N3OS. The maximum Gasteiger partial charge on any atom is 0.180 e. The van der Waals surface area contributed by atoms with E-state index in [0.29, 0.717) is 11.4 Å². The van der Waals surface area contributed by atoms with Gasteiger partial charge in [0.2, 0.25) is 0 Å². The topological polar surface area (TPSA) is 43.9 Å². The number of nitrogens with zero attached hydrogens (tertiary/aromatic N) is 3. The summed E-state index contributed by atoms with van der Waals surface area (Å²) in [5.74, 6) is 0.693. The predicted molar refractivity (Wildman–Crippen MR) is 213 cm³/mol. The molecule has 0 fully saturated rings. The Kier molecular flexibility index (Phi) is 6.09. The van der Waals surface area contributed by atoms with Crippen molar-refractivity contribution in [2.24, 2.45) is 0 Å². The van der Waals surface area contributed by atoms with Gasteiger partial charge in [-0.1, -0.05) is 103 Å². The molecular weight excluding hydrogens is 643 g/mol. The van der Waals surface area contributed by atoms with Crippen molar-refractivity contribution in [1.29, 1.82) is 0 Å². The Hall–Kier alpha value is -6.56. The summed E-state index contributed by atoms with van der Waals surface area (Å²) in [6, 6.07) is 57.9. The van der Waals surface area contributed by atoms with Crippen molar-refractivity contribution in [2.45, 2.75) is 0 Å². The summed E-state index contributed by atoms with van der Waals surface area (Å²) in [7, 11) is 0. The molecule has 0 atom stereocenters. The lowest BCUT2D eigenvalue weighted by atomic mass is 9.99. The van der Waals surface area contributed by atoms with E-state index < -0.39 is 0 Å². The first-order chi connectivity index (χ1) is 25.3. The Labute approximate surface area is 296 Å². The third kappa shape index (κ3) is 4.32. The van der Waals surface area contributed by atoms with Gasteiger partial charge in [0, 0.05) is 53.1 Å². The third-order valence-electron chi connectivity index (χ3n) is 10.0. The van der Waals surface area contributed by atoms with Crippen LogP contribution < -0.4 is 0 Å². The largest absolute Gasteiger partial charge is 0.452 e. The second kappa shape index (κ2) is 11.0. The van der Waals surface area contributed by atoms with Crippen LogP contribution in [0.1, 0.15) is 0 Å². The maximum absolute atomic E-state index is 6.40. The van der Waals surface area contributed by atoms with Crippen molar-refractivity contribution in [1.82, 2.24) is 14.5 Å². The highest BCUT2D eigenvalue weighted by Crippen LogP contribution is 2.43. The van der Waals surface area contributed by atoms with Gasteiger partial charge >= 0.3 is 0 Å². The molecule has 238 valence electrons. The molecule has 0 aliphatic heterocycles. The Morgan fingerprint density at radius 2 is 1.20 bits per heavy atom. The molecule has 4 aromatic heterocycles. The number of para-hydroxylation sites is 3. The normalized spacial score (nSPS) is 11.9. The molecule has 0 saturated heterocycles. The second-order valence-electron chi connectivity index (χ2n) is 12.9. The monoisotopic (exact) mass is 669 g/mol. The van der Waals surface area contributed by atoms with E-state index in [1.807, 2.05) is 47.7 Å². The number of thiophene rings is 1. The first-order valence-corrected chi connectivity index (χ1v) is 17.9. The van der Waals surface area contributed by atoms with Crippen molar-refractivity contribution in [2.75, 3.05) is 0 Å². The Morgan fingerprint density at radius 3 is 2.06 bits per heavy atom. The van der Waals surface area contributed by atoms with Crippen molar-refractivity contribution in [3.8, 4) is 39.5 Å². The second-order valence-corrected chi connectivity index (χ2v) is 14.0. The molecule has 5 heteroatoms. The Balaban J connectivity index is 1.13. The van der Waals surface area contributed by atoms with Gasteiger partial charge < -0.3 is 8.98 Å². The number of hydrogen-bond acceptors (Lipinski definition) is 4. The predicted octanol–water partition coefficient (Wildman–Crippen LogP) is 12.8. The van der Waals surface area contributed by atoms with Gasteiger partial charge in [-0.2, -0.15) is 0 Å². The summed E-state index contributed by atoms with van der Waals surface area (Å²) in [5.41, 5.74) is 11.1. The smallest absolute Gasteiger partial charge is 0.180 e. The van der Waals surface area contributed by atoms with Crippen LogP contribution >= 0.6 is 11.3 Å². The van der Waals surface area contributed by atoms with Crippen molar-refractivity contribution >= 4 is 75.4 Å². The van der Waals surface area contributed by atoms with Crippen LogP contribution in [0.25, 0.3) is 104 Å². The number of rotatable bonds is 4. The van der Waals surface area contributed by atoms with Crippen LogP contribution in [0.15, 0.2) is 168 Å². The third-order valence-corrected chi connectivity index (χ3v) is 11.2. The van der Waals surface area contributed by atoms with Crippen molar-refractivity contribution in [3.63, 3.8) is 0 Å². The SMILES string of the molecule is c1ccc(-c2nc(-c3cccc4sc5ccc(-c6ccc7c(c6)c6ccccc6n7-c6ccccc6)cc5c34)nc3c2oc2ccccc23)cc1. The molecule has 0 N–H and O–H groups in total. The van der Waals surface area contributed by atoms with E-state index in [0.717, 1.165) is 39.0 Å². The van der Waals surface area contributed by atoms with E-state index in [2.05, 4.69) is 132 Å². The number of benzene rings is 7. The molecule has 51 heavy (non-hydrogen) atoms. The van der Waals surface area contributed by atoms with Crippen LogP contribution in [0.4, 0.5) is 0 Å². The molecule has 0 radical (unpaired) electrons. The zero-order valence-corrected chi connectivity index (χ0v) is 28.1. The minimum absolute atomic E-state index is 0.693. The number of fused-ring (bicyclic) bond motifs is 9. The van der Waals surface area contributed by atoms with Gasteiger partial charge in [-0.3, -0.25) is 0 Å². The molecule has 4 nitrogen and oxygen atoms in total. The molecule has 7 aromatic carbocycles. The Morgan fingerprint density at radius 1 is 0.490 bits per heavy atom.